The van der Waals surface area contributed by atoms with E-state index >= 15 is 0 Å². The Balaban J connectivity index is 1.50. The topological polar surface area (TPSA) is 118 Å². The van der Waals surface area contributed by atoms with E-state index in [2.05, 4.69) is 20.6 Å². The molecular formula is C38H49ClF3N3O6S. The van der Waals surface area contributed by atoms with Crippen molar-refractivity contribution in [3.05, 3.63) is 70.8 Å². The van der Waals surface area contributed by atoms with Gasteiger partial charge in [-0.15, -0.1) is 10.9 Å². The first-order valence-corrected chi connectivity index (χ1v) is 20.0. The van der Waals surface area contributed by atoms with Crippen LogP contribution in [0.4, 0.5) is 18.9 Å². The van der Waals surface area contributed by atoms with Crippen molar-refractivity contribution in [2.45, 2.75) is 89.6 Å². The summed E-state index contributed by atoms with van der Waals surface area (Å²) in [6.07, 6.45) is 0.150. The molecule has 5 atom stereocenters. The van der Waals surface area contributed by atoms with E-state index in [9.17, 15) is 32.1 Å². The van der Waals surface area contributed by atoms with Crippen LogP contribution in [0.25, 0.3) is 0 Å². The average molecular weight is 768 g/mol. The van der Waals surface area contributed by atoms with Gasteiger partial charge in [0.25, 0.3) is 5.91 Å². The van der Waals surface area contributed by atoms with E-state index in [0.717, 1.165) is 43.2 Å². The summed E-state index contributed by atoms with van der Waals surface area (Å²) in [6, 6.07) is 10.8. The van der Waals surface area contributed by atoms with Gasteiger partial charge < -0.3 is 19.5 Å². The maximum absolute atomic E-state index is 14.2. The quantitative estimate of drug-likeness (QED) is 0.226. The van der Waals surface area contributed by atoms with Gasteiger partial charge in [0, 0.05) is 36.7 Å². The Morgan fingerprint density at radius 3 is 2.60 bits per heavy atom. The molecular weight excluding hydrogens is 719 g/mol. The Kier molecular flexibility index (Phi) is 12.7. The van der Waals surface area contributed by atoms with Gasteiger partial charge in [0.05, 0.1) is 24.2 Å². The zero-order valence-electron chi connectivity index (χ0n) is 29.9. The third-order valence-electron chi connectivity index (χ3n) is 10.8. The molecule has 2 aliphatic carbocycles. The molecule has 0 aromatic heterocycles. The molecule has 5 rings (SSSR count). The van der Waals surface area contributed by atoms with E-state index < -0.39 is 52.3 Å². The van der Waals surface area contributed by atoms with Crippen LogP contribution in [-0.2, 0) is 32.4 Å². The van der Waals surface area contributed by atoms with Crippen molar-refractivity contribution in [1.82, 2.24) is 4.72 Å². The van der Waals surface area contributed by atoms with Crippen molar-refractivity contribution in [2.75, 3.05) is 30.9 Å². The van der Waals surface area contributed by atoms with Crippen molar-refractivity contribution >= 4 is 39.0 Å². The van der Waals surface area contributed by atoms with Gasteiger partial charge in [-0.25, -0.2) is 4.21 Å². The first-order chi connectivity index (χ1) is 24.6. The molecule has 1 aliphatic heterocycles. The SMILES string of the molecule is C=C[C@H](OC)[C@@H]1CC[C@H]1CN1Cc2ccc(Cl)cc2CCCCOc2ccc(C(=O)N=S(=O)(C[C@@H](C)CC)NC(=O)C3CC(O)(C(F)(F)F)C3)cc21. The smallest absolute Gasteiger partial charge is 0.417 e. The molecule has 9 nitrogen and oxygen atoms in total. The fourth-order valence-corrected chi connectivity index (χ4v) is 9.50. The predicted octanol–water partition coefficient (Wildman–Crippen LogP) is 7.68. The molecule has 0 bridgehead atoms. The monoisotopic (exact) mass is 767 g/mol. The van der Waals surface area contributed by atoms with Gasteiger partial charge >= 0.3 is 6.18 Å². The van der Waals surface area contributed by atoms with E-state index in [1.54, 1.807) is 32.2 Å². The number of methoxy groups -OCH3 is 1. The number of aliphatic hydroxyl groups is 1. The lowest BCUT2D eigenvalue weighted by Gasteiger charge is -2.43. The van der Waals surface area contributed by atoms with Crippen molar-refractivity contribution in [3.63, 3.8) is 0 Å². The first-order valence-electron chi connectivity index (χ1n) is 17.9. The number of carbonyl (C=O) groups excluding carboxylic acids is 2. The van der Waals surface area contributed by atoms with E-state index in [1.807, 2.05) is 31.2 Å². The highest BCUT2D eigenvalue weighted by Gasteiger charge is 2.62. The fourth-order valence-electron chi connectivity index (χ4n) is 7.24. The minimum Gasteiger partial charge on any atom is -0.491 e. The lowest BCUT2D eigenvalue weighted by atomic mass is 9.70. The first kappa shape index (κ1) is 40.1. The molecule has 2 amide bonds. The Morgan fingerprint density at radius 1 is 1.21 bits per heavy atom. The van der Waals surface area contributed by atoms with Crippen LogP contribution in [0.2, 0.25) is 5.02 Å². The molecule has 1 unspecified atom stereocenters. The van der Waals surface area contributed by atoms with Crippen LogP contribution in [0, 0.1) is 23.7 Å². The molecule has 2 saturated carbocycles. The highest BCUT2D eigenvalue weighted by atomic mass is 35.5. The molecule has 3 aliphatic rings. The number of fused-ring (bicyclic) bond motifs is 2. The summed E-state index contributed by atoms with van der Waals surface area (Å²) in [5.41, 5.74) is 0.0171. The van der Waals surface area contributed by atoms with Crippen molar-refractivity contribution in [3.8, 4) is 5.75 Å². The molecule has 14 heteroatoms. The van der Waals surface area contributed by atoms with Crippen molar-refractivity contribution in [1.29, 1.82) is 0 Å². The number of alkyl halides is 3. The average Bonchev–Trinajstić information content (AvgIpc) is 3.09. The Labute approximate surface area is 309 Å². The normalized spacial score (nSPS) is 25.6. The number of benzene rings is 2. The zero-order valence-corrected chi connectivity index (χ0v) is 31.5. The van der Waals surface area contributed by atoms with E-state index in [-0.39, 0.29) is 35.2 Å². The van der Waals surface area contributed by atoms with Gasteiger partial charge in [-0.05, 0) is 104 Å². The highest BCUT2D eigenvalue weighted by molar-refractivity contribution is 7.92. The highest BCUT2D eigenvalue weighted by Crippen LogP contribution is 2.48. The van der Waals surface area contributed by atoms with Crippen molar-refractivity contribution in [2.24, 2.45) is 28.0 Å². The number of nitrogens with zero attached hydrogens (tertiary/aromatic N) is 2. The van der Waals surface area contributed by atoms with Gasteiger partial charge in [-0.2, -0.15) is 13.2 Å². The Bertz CT molecular complexity index is 1760. The molecule has 52 heavy (non-hydrogen) atoms. The minimum absolute atomic E-state index is 0.104. The summed E-state index contributed by atoms with van der Waals surface area (Å²) in [5.74, 6) is -2.33. The summed E-state index contributed by atoms with van der Waals surface area (Å²) in [7, 11) is -2.08. The second-order valence-corrected chi connectivity index (χ2v) is 17.0. The largest absolute Gasteiger partial charge is 0.491 e. The third-order valence-corrected chi connectivity index (χ3v) is 13.0. The fraction of sp³-hybridized carbons (Fsp3) is 0.579. The molecule has 0 saturated heterocycles. The number of halogens is 4. The van der Waals surface area contributed by atoms with Gasteiger partial charge in [0.15, 0.2) is 5.60 Å². The molecule has 286 valence electrons. The lowest BCUT2D eigenvalue weighted by Crippen LogP contribution is -2.59. The molecule has 0 spiro atoms. The molecule has 2 aromatic rings. The number of anilines is 1. The van der Waals surface area contributed by atoms with Crippen LogP contribution >= 0.6 is 11.6 Å². The van der Waals surface area contributed by atoms with Crippen LogP contribution in [0.5, 0.6) is 5.75 Å². The zero-order chi connectivity index (χ0) is 37.8. The lowest BCUT2D eigenvalue weighted by molar-refractivity contribution is -0.295. The predicted molar refractivity (Wildman–Crippen MR) is 196 cm³/mol. The maximum atomic E-state index is 14.2. The molecule has 2 fully saturated rings. The van der Waals surface area contributed by atoms with E-state index in [4.69, 9.17) is 21.1 Å². The second-order valence-electron chi connectivity index (χ2n) is 14.5. The number of hydrogen-bond donors (Lipinski definition) is 2. The number of ether oxygens (including phenoxy) is 2. The van der Waals surface area contributed by atoms with Crippen molar-refractivity contribution < 1.29 is 41.5 Å². The molecule has 2 aromatic carbocycles. The van der Waals surface area contributed by atoms with Crippen LogP contribution in [0.3, 0.4) is 0 Å². The number of amides is 2. The number of hydrogen-bond acceptors (Lipinski definition) is 7. The Morgan fingerprint density at radius 2 is 1.96 bits per heavy atom. The van der Waals surface area contributed by atoms with E-state index in [1.165, 1.54) is 0 Å². The summed E-state index contributed by atoms with van der Waals surface area (Å²) < 4.78 is 72.3. The van der Waals surface area contributed by atoms with Crippen LogP contribution in [-0.4, -0.2) is 65.0 Å². The molecule has 1 heterocycles. The number of rotatable bonds is 11. The number of aryl methyl sites for hydroxylation is 1. The second kappa shape index (κ2) is 16.5. The minimum atomic E-state index is -4.90. The van der Waals surface area contributed by atoms with Gasteiger partial charge in [0.2, 0.25) is 5.91 Å². The van der Waals surface area contributed by atoms with Crippen LogP contribution in [0.1, 0.15) is 80.3 Å². The number of nitrogens with one attached hydrogen (secondary N) is 1. The van der Waals surface area contributed by atoms with Crippen LogP contribution in [0.15, 0.2) is 53.4 Å². The Hall–Kier alpha value is -3.13. The summed E-state index contributed by atoms with van der Waals surface area (Å²) in [4.78, 5) is 29.1. The van der Waals surface area contributed by atoms with Gasteiger partial charge in [0.1, 0.15) is 15.7 Å². The summed E-state index contributed by atoms with van der Waals surface area (Å²) >= 11 is 6.42. The third kappa shape index (κ3) is 9.14. The van der Waals surface area contributed by atoms with Crippen LogP contribution < -0.4 is 14.4 Å². The van der Waals surface area contributed by atoms with E-state index in [0.29, 0.717) is 42.6 Å². The molecule has 2 N–H and O–H groups in total. The van der Waals surface area contributed by atoms with Gasteiger partial charge in [-0.1, -0.05) is 44.0 Å². The molecule has 0 radical (unpaired) electrons. The number of carbonyl (C=O) groups is 2. The maximum Gasteiger partial charge on any atom is 0.417 e. The summed E-state index contributed by atoms with van der Waals surface area (Å²) in [5, 5.41) is 10.5. The van der Waals surface area contributed by atoms with Gasteiger partial charge in [-0.3, -0.25) is 14.3 Å². The standard InChI is InChI=1S/C38H49ClF3N3O6S/c1-5-24(3)23-52(49,44-36(47)29-19-37(48,20-29)38(40,41)42)43-35(46)26-12-15-34-32(18-26)45(22-28-11-14-31(28)33(6-2)50-4)21-27-10-13-30(39)17-25(27)9-7-8-16-51-34/h6,10,12-13,15,17-18,24,28-29,31,33,48H,2,5,7-9,11,14,16,19-23H2,1,3-4H3,(H,43,44,46,47,49)/t24-,28-,29?,31+,33-,37?,52?/m0/s1. The summed E-state index contributed by atoms with van der Waals surface area (Å²) in [6.45, 7) is 9.16.